The SMILES string of the molecule is Cc1ccc(-c2noc(-c3cc4cc(Br)ccc4oc3=O)n2)cc1. The van der Waals surface area contributed by atoms with E-state index in [1.807, 2.05) is 43.3 Å². The van der Waals surface area contributed by atoms with E-state index in [1.165, 1.54) is 0 Å². The summed E-state index contributed by atoms with van der Waals surface area (Å²) in [6.45, 7) is 2.00. The maximum Gasteiger partial charge on any atom is 0.349 e. The van der Waals surface area contributed by atoms with Crippen molar-refractivity contribution in [2.75, 3.05) is 0 Å². The first-order valence-corrected chi connectivity index (χ1v) is 8.04. The maximum absolute atomic E-state index is 12.2. The predicted octanol–water partition coefficient (Wildman–Crippen LogP) is 4.58. The topological polar surface area (TPSA) is 69.1 Å². The Morgan fingerprint density at radius 3 is 2.62 bits per heavy atom. The predicted molar refractivity (Wildman–Crippen MR) is 93.6 cm³/mol. The van der Waals surface area contributed by atoms with Crippen LogP contribution in [0, 0.1) is 6.92 Å². The second kappa shape index (κ2) is 5.72. The summed E-state index contributed by atoms with van der Waals surface area (Å²) in [5.41, 5.74) is 2.20. The molecule has 0 spiro atoms. The molecule has 0 saturated heterocycles. The van der Waals surface area contributed by atoms with Crippen molar-refractivity contribution in [3.8, 4) is 22.8 Å². The second-order valence-electron chi connectivity index (χ2n) is 5.42. The van der Waals surface area contributed by atoms with E-state index < -0.39 is 5.63 Å². The largest absolute Gasteiger partial charge is 0.422 e. The van der Waals surface area contributed by atoms with Crippen LogP contribution in [0.1, 0.15) is 5.56 Å². The first kappa shape index (κ1) is 14.8. The smallest absolute Gasteiger partial charge is 0.349 e. The highest BCUT2D eigenvalue weighted by atomic mass is 79.9. The average Bonchev–Trinajstić information content (AvgIpc) is 3.05. The Kier molecular flexibility index (Phi) is 3.54. The molecule has 0 aliphatic rings. The van der Waals surface area contributed by atoms with Crippen molar-refractivity contribution in [2.24, 2.45) is 0 Å². The molecule has 4 rings (SSSR count). The molecule has 0 radical (unpaired) electrons. The summed E-state index contributed by atoms with van der Waals surface area (Å²) in [4.78, 5) is 16.5. The van der Waals surface area contributed by atoms with Crippen LogP contribution in [0.2, 0.25) is 0 Å². The molecule has 0 fully saturated rings. The molecule has 2 heterocycles. The summed E-state index contributed by atoms with van der Waals surface area (Å²) in [5.74, 6) is 0.569. The average molecular weight is 383 g/mol. The summed E-state index contributed by atoms with van der Waals surface area (Å²) >= 11 is 3.40. The Morgan fingerprint density at radius 2 is 1.83 bits per heavy atom. The number of aryl methyl sites for hydroxylation is 1. The molecule has 4 aromatic rings. The molecule has 0 amide bonds. The lowest BCUT2D eigenvalue weighted by Gasteiger charge is -1.99. The van der Waals surface area contributed by atoms with E-state index in [2.05, 4.69) is 26.1 Å². The van der Waals surface area contributed by atoms with Gasteiger partial charge in [-0.2, -0.15) is 4.98 Å². The number of benzene rings is 2. The van der Waals surface area contributed by atoms with E-state index in [4.69, 9.17) is 8.94 Å². The fourth-order valence-electron chi connectivity index (χ4n) is 2.40. The highest BCUT2D eigenvalue weighted by Crippen LogP contribution is 2.25. The normalized spacial score (nSPS) is 11.1. The summed E-state index contributed by atoms with van der Waals surface area (Å²) in [6, 6.07) is 14.8. The van der Waals surface area contributed by atoms with E-state index >= 15 is 0 Å². The first-order valence-electron chi connectivity index (χ1n) is 7.25. The van der Waals surface area contributed by atoms with E-state index in [-0.39, 0.29) is 11.5 Å². The van der Waals surface area contributed by atoms with Crippen LogP contribution in [0.25, 0.3) is 33.8 Å². The van der Waals surface area contributed by atoms with Crippen molar-refractivity contribution in [2.45, 2.75) is 6.92 Å². The van der Waals surface area contributed by atoms with Gasteiger partial charge in [-0.3, -0.25) is 0 Å². The van der Waals surface area contributed by atoms with E-state index in [0.717, 1.165) is 21.0 Å². The lowest BCUT2D eigenvalue weighted by Crippen LogP contribution is -2.02. The summed E-state index contributed by atoms with van der Waals surface area (Å²) < 4.78 is 11.5. The van der Waals surface area contributed by atoms with E-state index in [1.54, 1.807) is 12.1 Å². The fraction of sp³-hybridized carbons (Fsp3) is 0.0556. The zero-order chi connectivity index (χ0) is 16.7. The van der Waals surface area contributed by atoms with Gasteiger partial charge in [-0.1, -0.05) is 50.9 Å². The number of nitrogens with zero attached hydrogens (tertiary/aromatic N) is 2. The highest BCUT2D eigenvalue weighted by molar-refractivity contribution is 9.10. The Labute approximate surface area is 145 Å². The molecule has 5 nitrogen and oxygen atoms in total. The minimum absolute atomic E-state index is 0.140. The Balaban J connectivity index is 1.81. The quantitative estimate of drug-likeness (QED) is 0.474. The van der Waals surface area contributed by atoms with Gasteiger partial charge in [0.05, 0.1) is 0 Å². The molecular formula is C18H11BrN2O3. The van der Waals surface area contributed by atoms with Gasteiger partial charge >= 0.3 is 5.63 Å². The van der Waals surface area contributed by atoms with Gasteiger partial charge in [0.25, 0.3) is 5.89 Å². The zero-order valence-electron chi connectivity index (χ0n) is 12.6. The van der Waals surface area contributed by atoms with Crippen molar-refractivity contribution in [1.29, 1.82) is 0 Å². The van der Waals surface area contributed by atoms with Gasteiger partial charge in [0, 0.05) is 15.4 Å². The first-order chi connectivity index (χ1) is 11.6. The molecule has 0 aliphatic heterocycles. The molecule has 2 aromatic heterocycles. The van der Waals surface area contributed by atoms with Crippen LogP contribution in [-0.4, -0.2) is 10.1 Å². The Bertz CT molecular complexity index is 1100. The van der Waals surface area contributed by atoms with Crippen LogP contribution in [0.15, 0.2) is 66.7 Å². The number of halogens is 1. The molecule has 0 unspecified atom stereocenters. The molecule has 0 bridgehead atoms. The third-order valence-corrected chi connectivity index (χ3v) is 4.15. The molecule has 6 heteroatoms. The summed E-state index contributed by atoms with van der Waals surface area (Å²) in [5, 5.41) is 4.73. The molecule has 24 heavy (non-hydrogen) atoms. The number of aromatic nitrogens is 2. The highest BCUT2D eigenvalue weighted by Gasteiger charge is 2.16. The second-order valence-corrected chi connectivity index (χ2v) is 6.33. The summed E-state index contributed by atoms with van der Waals surface area (Å²) in [7, 11) is 0. The fourth-order valence-corrected chi connectivity index (χ4v) is 2.77. The van der Waals surface area contributed by atoms with Crippen molar-refractivity contribution >= 4 is 26.9 Å². The van der Waals surface area contributed by atoms with Crippen LogP contribution in [0.5, 0.6) is 0 Å². The van der Waals surface area contributed by atoms with Crippen molar-refractivity contribution < 1.29 is 8.94 Å². The zero-order valence-corrected chi connectivity index (χ0v) is 14.2. The molecule has 0 aliphatic carbocycles. The van der Waals surface area contributed by atoms with E-state index in [0.29, 0.717) is 11.4 Å². The van der Waals surface area contributed by atoms with Crippen molar-refractivity contribution in [3.63, 3.8) is 0 Å². The van der Waals surface area contributed by atoms with Crippen LogP contribution in [0.3, 0.4) is 0 Å². The van der Waals surface area contributed by atoms with Gasteiger partial charge in [0.15, 0.2) is 0 Å². The van der Waals surface area contributed by atoms with Gasteiger partial charge in [0.2, 0.25) is 5.82 Å². The number of hydrogen-bond acceptors (Lipinski definition) is 5. The summed E-state index contributed by atoms with van der Waals surface area (Å²) in [6.07, 6.45) is 0. The lowest BCUT2D eigenvalue weighted by atomic mass is 10.1. The number of fused-ring (bicyclic) bond motifs is 1. The minimum atomic E-state index is -0.510. The molecule has 0 saturated carbocycles. The molecule has 2 aromatic carbocycles. The van der Waals surface area contributed by atoms with Gasteiger partial charge in [-0.25, -0.2) is 4.79 Å². The van der Waals surface area contributed by atoms with Crippen LogP contribution >= 0.6 is 15.9 Å². The van der Waals surface area contributed by atoms with Crippen LogP contribution < -0.4 is 5.63 Å². The van der Waals surface area contributed by atoms with Crippen molar-refractivity contribution in [1.82, 2.24) is 10.1 Å². The monoisotopic (exact) mass is 382 g/mol. The van der Waals surface area contributed by atoms with Crippen molar-refractivity contribution in [3.05, 3.63) is 69.0 Å². The Hall–Kier alpha value is -2.73. The lowest BCUT2D eigenvalue weighted by molar-refractivity contribution is 0.429. The Morgan fingerprint density at radius 1 is 1.04 bits per heavy atom. The molecule has 0 N–H and O–H groups in total. The number of hydrogen-bond donors (Lipinski definition) is 0. The third kappa shape index (κ3) is 2.65. The number of rotatable bonds is 2. The van der Waals surface area contributed by atoms with Gasteiger partial charge in [-0.05, 0) is 31.2 Å². The van der Waals surface area contributed by atoms with Crippen LogP contribution in [-0.2, 0) is 0 Å². The molecule has 118 valence electrons. The van der Waals surface area contributed by atoms with Gasteiger partial charge in [0.1, 0.15) is 11.1 Å². The van der Waals surface area contributed by atoms with E-state index in [9.17, 15) is 4.79 Å². The minimum Gasteiger partial charge on any atom is -0.422 e. The third-order valence-electron chi connectivity index (χ3n) is 3.66. The molecule has 0 atom stereocenters. The van der Waals surface area contributed by atoms with Gasteiger partial charge < -0.3 is 8.94 Å². The standard InChI is InChI=1S/C18H11BrN2O3/c1-10-2-4-11(5-3-10)16-20-17(24-21-16)14-9-12-8-13(19)6-7-15(12)23-18(14)22/h2-9H,1H3. The van der Waals surface area contributed by atoms with Gasteiger partial charge in [-0.15, -0.1) is 0 Å². The van der Waals surface area contributed by atoms with Crippen LogP contribution in [0.4, 0.5) is 0 Å². The maximum atomic E-state index is 12.2. The molecular weight excluding hydrogens is 372 g/mol.